The maximum Gasteiger partial charge on any atom is 0.329 e. The first kappa shape index (κ1) is 18.0. The van der Waals surface area contributed by atoms with E-state index in [2.05, 4.69) is 29.3 Å². The van der Waals surface area contributed by atoms with Crippen LogP contribution in [0.15, 0.2) is 41.0 Å². The number of aliphatic carboxylic acids is 1. The Labute approximate surface area is 151 Å². The third-order valence-corrected chi connectivity index (χ3v) is 4.40. The van der Waals surface area contributed by atoms with Crippen LogP contribution in [0.2, 0.25) is 0 Å². The van der Waals surface area contributed by atoms with Crippen molar-refractivity contribution in [3.05, 3.63) is 53.5 Å². The summed E-state index contributed by atoms with van der Waals surface area (Å²) < 4.78 is 10.3. The summed E-state index contributed by atoms with van der Waals surface area (Å²) in [5.41, 5.74) is 3.32. The number of carbonyl (C=O) groups excluding carboxylic acids is 1. The molecule has 1 aliphatic heterocycles. The van der Waals surface area contributed by atoms with E-state index in [0.717, 1.165) is 12.0 Å². The Morgan fingerprint density at radius 3 is 2.96 bits per heavy atom. The zero-order valence-corrected chi connectivity index (χ0v) is 14.6. The van der Waals surface area contributed by atoms with Gasteiger partial charge in [-0.3, -0.25) is 4.79 Å². The lowest BCUT2D eigenvalue weighted by Gasteiger charge is -2.24. The number of rotatable bonds is 8. The zero-order valence-electron chi connectivity index (χ0n) is 14.6. The Morgan fingerprint density at radius 2 is 2.15 bits per heavy atom. The lowest BCUT2D eigenvalue weighted by molar-refractivity contribution is -0.142. The minimum absolute atomic E-state index is 0.130. The van der Waals surface area contributed by atoms with Gasteiger partial charge in [-0.1, -0.05) is 18.2 Å². The third kappa shape index (κ3) is 4.05. The average Bonchev–Trinajstić information content (AvgIpc) is 3.19. The Bertz CT molecular complexity index is 786. The monoisotopic (exact) mass is 358 g/mol. The molecule has 1 atom stereocenters. The first-order valence-corrected chi connectivity index (χ1v) is 8.55. The van der Waals surface area contributed by atoms with Gasteiger partial charge in [0.2, 0.25) is 0 Å². The smallest absolute Gasteiger partial charge is 0.329 e. The van der Waals surface area contributed by atoms with Crippen molar-refractivity contribution >= 4 is 17.6 Å². The maximum absolute atomic E-state index is 12.3. The summed E-state index contributed by atoms with van der Waals surface area (Å²) in [4.78, 5) is 25.0. The number of nitrogens with one attached hydrogen (secondary N) is 1. The first-order chi connectivity index (χ1) is 12.6. The summed E-state index contributed by atoms with van der Waals surface area (Å²) in [5.74, 6) is -1.09. The van der Waals surface area contributed by atoms with Crippen LogP contribution in [0.5, 0.6) is 0 Å². The summed E-state index contributed by atoms with van der Waals surface area (Å²) in [6, 6.07) is 10.4. The molecule has 1 aliphatic rings. The van der Waals surface area contributed by atoms with Gasteiger partial charge >= 0.3 is 5.97 Å². The number of carbonyl (C=O) groups is 2. The molecule has 1 aromatic heterocycles. The second-order valence-electron chi connectivity index (χ2n) is 6.29. The van der Waals surface area contributed by atoms with Crippen LogP contribution in [0.3, 0.4) is 0 Å². The molecule has 7 heteroatoms. The molecule has 0 saturated carbocycles. The number of carboxylic acid groups (broad SMARTS) is 1. The van der Waals surface area contributed by atoms with Crippen molar-refractivity contribution in [1.82, 2.24) is 5.32 Å². The van der Waals surface area contributed by atoms with Crippen LogP contribution in [0.4, 0.5) is 5.69 Å². The number of benzene rings is 1. The largest absolute Gasteiger partial charge is 0.480 e. The van der Waals surface area contributed by atoms with Gasteiger partial charge in [-0.25, -0.2) is 4.79 Å². The molecule has 7 nitrogen and oxygen atoms in total. The minimum atomic E-state index is -1.04. The fourth-order valence-electron chi connectivity index (χ4n) is 3.19. The normalized spacial score (nSPS) is 15.7. The lowest BCUT2D eigenvalue weighted by Crippen LogP contribution is -2.31. The maximum atomic E-state index is 12.3. The van der Waals surface area contributed by atoms with Gasteiger partial charge in [-0.05, 0) is 31.0 Å². The molecular weight excluding hydrogens is 336 g/mol. The van der Waals surface area contributed by atoms with Gasteiger partial charge in [0.1, 0.15) is 6.61 Å². The van der Waals surface area contributed by atoms with Gasteiger partial charge in [0.25, 0.3) is 5.91 Å². The highest BCUT2D eigenvalue weighted by Crippen LogP contribution is 2.33. The number of ether oxygens (including phenoxy) is 1. The molecule has 3 rings (SSSR count). The standard InChI is InChI=1S/C19H22N2O5/c1-13-10-14-4-2-3-5-16(14)21(13)11-15-6-8-26-18(15)19(24)20-7-9-25-12-17(22)23/h2-6,8,13H,7,9-12H2,1H3,(H,20,24)(H,22,23). The summed E-state index contributed by atoms with van der Waals surface area (Å²) >= 11 is 0. The molecule has 26 heavy (non-hydrogen) atoms. The second-order valence-corrected chi connectivity index (χ2v) is 6.29. The van der Waals surface area contributed by atoms with Crippen LogP contribution in [0.1, 0.15) is 28.6 Å². The topological polar surface area (TPSA) is 92.0 Å². The summed E-state index contributed by atoms with van der Waals surface area (Å²) in [7, 11) is 0. The second kappa shape index (κ2) is 8.05. The van der Waals surface area contributed by atoms with Gasteiger partial charge < -0.3 is 24.5 Å². The molecule has 0 fully saturated rings. The zero-order chi connectivity index (χ0) is 18.5. The molecule has 0 aliphatic carbocycles. The van der Waals surface area contributed by atoms with Crippen LogP contribution in [-0.2, 0) is 22.5 Å². The highest BCUT2D eigenvalue weighted by atomic mass is 16.5. The molecule has 0 spiro atoms. The molecule has 138 valence electrons. The van der Waals surface area contributed by atoms with Crippen LogP contribution in [-0.4, -0.2) is 42.8 Å². The number of hydrogen-bond donors (Lipinski definition) is 2. The highest BCUT2D eigenvalue weighted by molar-refractivity contribution is 5.93. The van der Waals surface area contributed by atoms with Crippen molar-refractivity contribution in [2.45, 2.75) is 25.9 Å². The predicted molar refractivity (Wildman–Crippen MR) is 95.3 cm³/mol. The van der Waals surface area contributed by atoms with Crippen LogP contribution < -0.4 is 10.2 Å². The van der Waals surface area contributed by atoms with Crippen molar-refractivity contribution in [3.63, 3.8) is 0 Å². The molecule has 0 bridgehead atoms. The van der Waals surface area contributed by atoms with Crippen molar-refractivity contribution in [2.24, 2.45) is 0 Å². The summed E-state index contributed by atoms with van der Waals surface area (Å²) in [5, 5.41) is 11.2. The Morgan fingerprint density at radius 1 is 1.35 bits per heavy atom. The molecule has 1 aromatic carbocycles. The number of amides is 1. The number of para-hydroxylation sites is 1. The Kier molecular flexibility index (Phi) is 5.58. The molecular formula is C19H22N2O5. The molecule has 0 radical (unpaired) electrons. The van der Waals surface area contributed by atoms with E-state index >= 15 is 0 Å². The highest BCUT2D eigenvalue weighted by Gasteiger charge is 2.27. The van der Waals surface area contributed by atoms with Crippen LogP contribution in [0.25, 0.3) is 0 Å². The first-order valence-electron chi connectivity index (χ1n) is 8.55. The molecule has 1 unspecified atom stereocenters. The van der Waals surface area contributed by atoms with E-state index in [0.29, 0.717) is 12.6 Å². The lowest BCUT2D eigenvalue weighted by atomic mass is 10.1. The average molecular weight is 358 g/mol. The van der Waals surface area contributed by atoms with Gasteiger partial charge in [-0.2, -0.15) is 0 Å². The van der Waals surface area contributed by atoms with E-state index in [9.17, 15) is 9.59 Å². The van der Waals surface area contributed by atoms with E-state index in [1.165, 1.54) is 17.5 Å². The number of nitrogens with zero attached hydrogens (tertiary/aromatic N) is 1. The van der Waals surface area contributed by atoms with Crippen molar-refractivity contribution in [2.75, 3.05) is 24.7 Å². The number of carboxylic acids is 1. The van der Waals surface area contributed by atoms with Crippen molar-refractivity contribution < 1.29 is 23.8 Å². The van der Waals surface area contributed by atoms with Crippen molar-refractivity contribution in [1.29, 1.82) is 0 Å². The number of fused-ring (bicyclic) bond motifs is 1. The van der Waals surface area contributed by atoms with Crippen LogP contribution in [0, 0.1) is 0 Å². The summed E-state index contributed by atoms with van der Waals surface area (Å²) in [6.45, 7) is 2.72. The number of anilines is 1. The quantitative estimate of drug-likeness (QED) is 0.702. The Balaban J connectivity index is 1.60. The number of furan rings is 1. The molecule has 2 N–H and O–H groups in total. The van der Waals surface area contributed by atoms with E-state index in [4.69, 9.17) is 14.3 Å². The van der Waals surface area contributed by atoms with Gasteiger partial charge in [0.05, 0.1) is 12.9 Å². The van der Waals surface area contributed by atoms with Gasteiger partial charge in [-0.15, -0.1) is 0 Å². The van der Waals surface area contributed by atoms with E-state index < -0.39 is 5.97 Å². The molecule has 2 aromatic rings. The van der Waals surface area contributed by atoms with Crippen LogP contribution >= 0.6 is 0 Å². The minimum Gasteiger partial charge on any atom is -0.480 e. The summed E-state index contributed by atoms with van der Waals surface area (Å²) in [6.07, 6.45) is 2.49. The van der Waals surface area contributed by atoms with Gasteiger partial charge in [0, 0.05) is 30.4 Å². The fourth-order valence-corrected chi connectivity index (χ4v) is 3.19. The number of hydrogen-bond acceptors (Lipinski definition) is 5. The SMILES string of the molecule is CC1Cc2ccccc2N1Cc1ccoc1C(=O)NCCOCC(=O)O. The van der Waals surface area contributed by atoms with E-state index in [1.54, 1.807) is 0 Å². The van der Waals surface area contributed by atoms with E-state index in [1.807, 2.05) is 18.2 Å². The van der Waals surface area contributed by atoms with Gasteiger partial charge in [0.15, 0.2) is 5.76 Å². The molecule has 1 amide bonds. The van der Waals surface area contributed by atoms with Crippen molar-refractivity contribution in [3.8, 4) is 0 Å². The molecule has 0 saturated heterocycles. The third-order valence-electron chi connectivity index (χ3n) is 4.40. The fraction of sp³-hybridized carbons (Fsp3) is 0.368. The van der Waals surface area contributed by atoms with E-state index in [-0.39, 0.29) is 31.4 Å². The Hall–Kier alpha value is -2.80. The molecule has 2 heterocycles. The predicted octanol–water partition coefficient (Wildman–Crippen LogP) is 2.06.